The molecule has 1 aromatic rings. The van der Waals surface area contributed by atoms with Crippen LogP contribution < -0.4 is 5.32 Å². The van der Waals surface area contributed by atoms with Gasteiger partial charge in [0.2, 0.25) is 0 Å². The molecule has 0 unspecified atom stereocenters. The van der Waals surface area contributed by atoms with Gasteiger partial charge in [-0.1, -0.05) is 32.1 Å². The summed E-state index contributed by atoms with van der Waals surface area (Å²) in [5.41, 5.74) is 1.36. The van der Waals surface area contributed by atoms with Crippen molar-refractivity contribution in [1.82, 2.24) is 9.97 Å². The Bertz CT molecular complexity index is 476. The quantitative estimate of drug-likeness (QED) is 0.860. The highest BCUT2D eigenvalue weighted by Gasteiger charge is 2.05. The molecular formula is C14H18FN3. The molecule has 0 spiro atoms. The Morgan fingerprint density at radius 2 is 2.00 bits per heavy atom. The molecule has 0 saturated heterocycles. The van der Waals surface area contributed by atoms with E-state index in [1.54, 1.807) is 12.1 Å². The molecule has 4 heteroatoms. The summed E-state index contributed by atoms with van der Waals surface area (Å²) < 4.78 is 13.5. The largest absolute Gasteiger partial charge is 0.341 e. The van der Waals surface area contributed by atoms with E-state index in [1.807, 2.05) is 32.9 Å². The number of nitrogens with zero attached hydrogens (tertiary/aromatic N) is 2. The molecule has 0 saturated carbocycles. The van der Waals surface area contributed by atoms with Crippen molar-refractivity contribution in [2.45, 2.75) is 27.2 Å². The smallest absolute Gasteiger partial charge is 0.142 e. The van der Waals surface area contributed by atoms with Gasteiger partial charge in [0, 0.05) is 18.2 Å². The molecule has 1 heterocycles. The number of rotatable bonds is 2. The molecular weight excluding hydrogens is 229 g/mol. The molecule has 0 fully saturated rings. The number of hydrogen-bond donors (Lipinski definition) is 1. The Kier molecular flexibility index (Phi) is 5.77. The topological polar surface area (TPSA) is 37.8 Å². The lowest BCUT2D eigenvalue weighted by Gasteiger charge is -2.08. The molecule has 2 rings (SSSR count). The number of anilines is 1. The molecule has 0 amide bonds. The van der Waals surface area contributed by atoms with Gasteiger partial charge in [-0.25, -0.2) is 14.4 Å². The van der Waals surface area contributed by atoms with Crippen LogP contribution in [0.15, 0.2) is 48.2 Å². The predicted octanol–water partition coefficient (Wildman–Crippen LogP) is 3.92. The lowest BCUT2D eigenvalue weighted by molar-refractivity contribution is 0.652. The van der Waals surface area contributed by atoms with Crippen molar-refractivity contribution in [3.63, 3.8) is 0 Å². The highest BCUT2D eigenvalue weighted by Crippen LogP contribution is 2.18. The van der Waals surface area contributed by atoms with Gasteiger partial charge in [0.1, 0.15) is 18.0 Å². The van der Waals surface area contributed by atoms with Crippen LogP contribution >= 0.6 is 0 Å². The van der Waals surface area contributed by atoms with Gasteiger partial charge in [-0.15, -0.1) is 0 Å². The van der Waals surface area contributed by atoms with E-state index in [1.165, 1.54) is 12.4 Å². The summed E-state index contributed by atoms with van der Waals surface area (Å²) in [5.74, 6) is 0.350. The average Bonchev–Trinajstić information content (AvgIpc) is 2.58. The number of aromatic nitrogens is 2. The molecule has 0 aliphatic heterocycles. The summed E-state index contributed by atoms with van der Waals surface area (Å²) in [4.78, 5) is 8.01. The molecule has 1 N–H and O–H groups in total. The number of halogens is 1. The fourth-order valence-corrected chi connectivity index (χ4v) is 1.39. The Morgan fingerprint density at radius 1 is 1.22 bits per heavy atom. The Morgan fingerprint density at radius 3 is 2.72 bits per heavy atom. The van der Waals surface area contributed by atoms with Crippen LogP contribution in [-0.2, 0) is 0 Å². The van der Waals surface area contributed by atoms with Gasteiger partial charge < -0.3 is 5.32 Å². The van der Waals surface area contributed by atoms with Gasteiger partial charge in [-0.05, 0) is 13.0 Å². The zero-order chi connectivity index (χ0) is 13.4. The summed E-state index contributed by atoms with van der Waals surface area (Å²) in [6.07, 6.45) is 8.80. The normalized spacial score (nSPS) is 13.8. The molecule has 1 aliphatic rings. The molecule has 18 heavy (non-hydrogen) atoms. The van der Waals surface area contributed by atoms with Crippen molar-refractivity contribution >= 4 is 5.82 Å². The minimum atomic E-state index is -0.263. The Labute approximate surface area is 107 Å². The first-order valence-electron chi connectivity index (χ1n) is 6.03. The fraction of sp³-hybridized carbons (Fsp3) is 0.286. The summed E-state index contributed by atoms with van der Waals surface area (Å²) in [6, 6.07) is 1.78. The van der Waals surface area contributed by atoms with Crippen LogP contribution in [0.3, 0.4) is 0 Å². The van der Waals surface area contributed by atoms with Gasteiger partial charge in [-0.3, -0.25) is 0 Å². The van der Waals surface area contributed by atoms with Crippen LogP contribution in [0.5, 0.6) is 0 Å². The minimum absolute atomic E-state index is 0.263. The highest BCUT2D eigenvalue weighted by atomic mass is 19.1. The second-order valence-corrected chi connectivity index (χ2v) is 3.49. The zero-order valence-corrected chi connectivity index (χ0v) is 10.9. The maximum atomic E-state index is 13.5. The van der Waals surface area contributed by atoms with E-state index in [2.05, 4.69) is 15.3 Å². The second kappa shape index (κ2) is 7.37. The molecule has 3 nitrogen and oxygen atoms in total. The van der Waals surface area contributed by atoms with Crippen molar-refractivity contribution in [2.75, 3.05) is 5.32 Å². The van der Waals surface area contributed by atoms with Crippen LogP contribution in [0.2, 0.25) is 0 Å². The van der Waals surface area contributed by atoms with Crippen molar-refractivity contribution < 1.29 is 4.39 Å². The third-order valence-electron chi connectivity index (χ3n) is 2.18. The van der Waals surface area contributed by atoms with E-state index in [4.69, 9.17) is 0 Å². The highest BCUT2D eigenvalue weighted by molar-refractivity contribution is 5.45. The van der Waals surface area contributed by atoms with Crippen molar-refractivity contribution in [2.24, 2.45) is 0 Å². The van der Waals surface area contributed by atoms with Crippen LogP contribution in [-0.4, -0.2) is 9.97 Å². The molecule has 96 valence electrons. The van der Waals surface area contributed by atoms with Gasteiger partial charge in [-0.2, -0.15) is 0 Å². The number of hydrogen-bond acceptors (Lipinski definition) is 3. The summed E-state index contributed by atoms with van der Waals surface area (Å²) in [5, 5.41) is 2.96. The van der Waals surface area contributed by atoms with Crippen molar-refractivity contribution in [3.05, 3.63) is 53.9 Å². The predicted molar refractivity (Wildman–Crippen MR) is 72.8 cm³/mol. The van der Waals surface area contributed by atoms with Gasteiger partial charge in [0.25, 0.3) is 0 Å². The van der Waals surface area contributed by atoms with Crippen molar-refractivity contribution in [1.29, 1.82) is 0 Å². The van der Waals surface area contributed by atoms with Crippen molar-refractivity contribution in [3.8, 4) is 0 Å². The van der Waals surface area contributed by atoms with E-state index in [0.29, 0.717) is 17.9 Å². The standard InChI is InChI=1S/C12H12FN3.C2H6/c1-9-7-12(15-8-14-9)16-11-6-4-2-3-5-10(11)13;1-2/h2-5,7-8H,6H2,1H3,(H,14,15,16);1-2H3. The maximum Gasteiger partial charge on any atom is 0.142 e. The van der Waals surface area contributed by atoms with Crippen LogP contribution in [0.4, 0.5) is 10.2 Å². The van der Waals surface area contributed by atoms with E-state index in [0.717, 1.165) is 5.69 Å². The maximum absolute atomic E-state index is 13.5. The fourth-order valence-electron chi connectivity index (χ4n) is 1.39. The SMILES string of the molecule is CC.Cc1cc(NC2=C(F)C=CC=CC2)ncn1. The van der Waals surface area contributed by atoms with Crippen LogP contribution in [0.25, 0.3) is 0 Å². The first-order chi connectivity index (χ1) is 8.75. The van der Waals surface area contributed by atoms with Gasteiger partial charge >= 0.3 is 0 Å². The number of nitrogens with one attached hydrogen (secondary N) is 1. The molecule has 0 atom stereocenters. The third kappa shape index (κ3) is 4.13. The van der Waals surface area contributed by atoms with Gasteiger partial charge in [0.05, 0.1) is 5.70 Å². The van der Waals surface area contributed by atoms with E-state index < -0.39 is 0 Å². The first-order valence-corrected chi connectivity index (χ1v) is 6.03. The molecule has 1 aromatic heterocycles. The van der Waals surface area contributed by atoms with E-state index in [-0.39, 0.29) is 5.83 Å². The van der Waals surface area contributed by atoms with Crippen LogP contribution in [0, 0.1) is 6.92 Å². The summed E-state index contributed by atoms with van der Waals surface area (Å²) in [7, 11) is 0. The van der Waals surface area contributed by atoms with E-state index in [9.17, 15) is 4.39 Å². The molecule has 0 bridgehead atoms. The number of aryl methyl sites for hydroxylation is 1. The third-order valence-corrected chi connectivity index (χ3v) is 2.18. The first kappa shape index (κ1) is 14.1. The monoisotopic (exact) mass is 247 g/mol. The minimum Gasteiger partial charge on any atom is -0.341 e. The molecule has 0 radical (unpaired) electrons. The van der Waals surface area contributed by atoms with Gasteiger partial charge in [0.15, 0.2) is 0 Å². The molecule has 1 aliphatic carbocycles. The molecule has 0 aromatic carbocycles. The summed E-state index contributed by atoms with van der Waals surface area (Å²) >= 11 is 0. The average molecular weight is 247 g/mol. The lowest BCUT2D eigenvalue weighted by atomic mass is 10.3. The van der Waals surface area contributed by atoms with Crippen LogP contribution in [0.1, 0.15) is 26.0 Å². The summed E-state index contributed by atoms with van der Waals surface area (Å²) in [6.45, 7) is 5.87. The second-order valence-electron chi connectivity index (χ2n) is 3.49. The number of allylic oxidation sites excluding steroid dienone is 5. The lowest BCUT2D eigenvalue weighted by Crippen LogP contribution is -2.03. The Hall–Kier alpha value is -1.97. The van der Waals surface area contributed by atoms with E-state index >= 15 is 0 Å². The Balaban J connectivity index is 0.000000771. The zero-order valence-electron chi connectivity index (χ0n) is 10.9.